The summed E-state index contributed by atoms with van der Waals surface area (Å²) in [6, 6.07) is 7.71. The Balaban J connectivity index is 1.80. The van der Waals surface area contributed by atoms with Gasteiger partial charge in [0.15, 0.2) is 11.5 Å². The molecule has 0 unspecified atom stereocenters. The zero-order valence-corrected chi connectivity index (χ0v) is 9.59. The van der Waals surface area contributed by atoms with Gasteiger partial charge in [0.1, 0.15) is 11.8 Å². The SMILES string of the molecule is Nc1ccc(CNc2ncnc3[nH]cnc23)cc1. The molecule has 0 fully saturated rings. The molecule has 0 bridgehead atoms. The zero-order chi connectivity index (χ0) is 12.4. The Morgan fingerprint density at radius 3 is 2.78 bits per heavy atom. The first-order valence-electron chi connectivity index (χ1n) is 5.55. The van der Waals surface area contributed by atoms with Crippen molar-refractivity contribution in [1.82, 2.24) is 19.9 Å². The molecule has 0 aliphatic rings. The number of nitrogens with one attached hydrogen (secondary N) is 2. The lowest BCUT2D eigenvalue weighted by Gasteiger charge is -2.05. The van der Waals surface area contributed by atoms with Crippen LogP contribution in [0.25, 0.3) is 11.2 Å². The van der Waals surface area contributed by atoms with Crippen molar-refractivity contribution in [2.24, 2.45) is 0 Å². The summed E-state index contributed by atoms with van der Waals surface area (Å²) in [6.07, 6.45) is 3.11. The van der Waals surface area contributed by atoms with E-state index in [4.69, 9.17) is 5.73 Å². The van der Waals surface area contributed by atoms with E-state index in [0.29, 0.717) is 6.54 Å². The fourth-order valence-electron chi connectivity index (χ4n) is 1.72. The molecule has 18 heavy (non-hydrogen) atoms. The molecule has 0 radical (unpaired) electrons. The van der Waals surface area contributed by atoms with E-state index >= 15 is 0 Å². The number of benzene rings is 1. The number of H-pyrrole nitrogens is 1. The van der Waals surface area contributed by atoms with Gasteiger partial charge in [-0.3, -0.25) is 0 Å². The average Bonchev–Trinajstić information content (AvgIpc) is 2.87. The van der Waals surface area contributed by atoms with Crippen LogP contribution in [0.1, 0.15) is 5.56 Å². The third-order valence-electron chi connectivity index (χ3n) is 2.66. The molecule has 2 aromatic heterocycles. The molecule has 6 heteroatoms. The number of nitrogens with two attached hydrogens (primary N) is 1. The van der Waals surface area contributed by atoms with Gasteiger partial charge < -0.3 is 16.0 Å². The van der Waals surface area contributed by atoms with Crippen molar-refractivity contribution in [3.05, 3.63) is 42.5 Å². The van der Waals surface area contributed by atoms with E-state index < -0.39 is 0 Å². The molecule has 3 rings (SSSR count). The van der Waals surface area contributed by atoms with E-state index in [0.717, 1.165) is 28.2 Å². The molecule has 6 nitrogen and oxygen atoms in total. The number of nitrogen functional groups attached to an aromatic ring is 1. The Hall–Kier alpha value is -2.63. The van der Waals surface area contributed by atoms with Gasteiger partial charge in [0, 0.05) is 12.2 Å². The second kappa shape index (κ2) is 4.33. The minimum absolute atomic E-state index is 0.666. The van der Waals surface area contributed by atoms with Crippen LogP contribution in [0.2, 0.25) is 0 Å². The topological polar surface area (TPSA) is 92.5 Å². The molecular weight excluding hydrogens is 228 g/mol. The summed E-state index contributed by atoms with van der Waals surface area (Å²) in [5.74, 6) is 0.720. The summed E-state index contributed by atoms with van der Waals surface area (Å²) in [7, 11) is 0. The van der Waals surface area contributed by atoms with Crippen LogP contribution in [0.4, 0.5) is 11.5 Å². The van der Waals surface area contributed by atoms with Crippen molar-refractivity contribution >= 4 is 22.7 Å². The van der Waals surface area contributed by atoms with Crippen LogP contribution >= 0.6 is 0 Å². The maximum atomic E-state index is 5.64. The van der Waals surface area contributed by atoms with Gasteiger partial charge in [-0.25, -0.2) is 15.0 Å². The first kappa shape index (κ1) is 10.5. The molecule has 0 aliphatic carbocycles. The molecule has 0 amide bonds. The summed E-state index contributed by atoms with van der Waals surface area (Å²) in [4.78, 5) is 15.4. The molecule has 3 aromatic rings. The fraction of sp³-hybridized carbons (Fsp3) is 0.0833. The van der Waals surface area contributed by atoms with E-state index in [-0.39, 0.29) is 0 Å². The minimum Gasteiger partial charge on any atom is -0.399 e. The Morgan fingerprint density at radius 1 is 1.11 bits per heavy atom. The lowest BCUT2D eigenvalue weighted by Crippen LogP contribution is -2.02. The van der Waals surface area contributed by atoms with Crippen molar-refractivity contribution < 1.29 is 0 Å². The Labute approximate surface area is 103 Å². The zero-order valence-electron chi connectivity index (χ0n) is 9.59. The summed E-state index contributed by atoms with van der Waals surface area (Å²) in [5.41, 5.74) is 9.00. The summed E-state index contributed by atoms with van der Waals surface area (Å²) < 4.78 is 0. The van der Waals surface area contributed by atoms with Crippen LogP contribution in [-0.2, 0) is 6.54 Å². The predicted molar refractivity (Wildman–Crippen MR) is 69.9 cm³/mol. The van der Waals surface area contributed by atoms with E-state index in [9.17, 15) is 0 Å². The lowest BCUT2D eigenvalue weighted by atomic mass is 10.2. The number of rotatable bonds is 3. The van der Waals surface area contributed by atoms with E-state index in [2.05, 4.69) is 25.3 Å². The summed E-state index contributed by atoms with van der Waals surface area (Å²) in [5, 5.41) is 3.24. The van der Waals surface area contributed by atoms with Crippen molar-refractivity contribution in [3.8, 4) is 0 Å². The van der Waals surface area contributed by atoms with Crippen LogP contribution in [0.15, 0.2) is 36.9 Å². The maximum Gasteiger partial charge on any atom is 0.162 e. The number of anilines is 2. The minimum atomic E-state index is 0.666. The number of nitrogens with zero attached hydrogens (tertiary/aromatic N) is 3. The van der Waals surface area contributed by atoms with Crippen LogP contribution in [0.3, 0.4) is 0 Å². The molecule has 1 aromatic carbocycles. The number of imidazole rings is 1. The van der Waals surface area contributed by atoms with Crippen LogP contribution in [0.5, 0.6) is 0 Å². The van der Waals surface area contributed by atoms with Crippen LogP contribution in [-0.4, -0.2) is 19.9 Å². The molecule has 0 spiro atoms. The fourth-order valence-corrected chi connectivity index (χ4v) is 1.72. The molecular formula is C12H12N6. The van der Waals surface area contributed by atoms with Gasteiger partial charge in [-0.2, -0.15) is 0 Å². The molecule has 4 N–H and O–H groups in total. The molecule has 90 valence electrons. The number of aromatic nitrogens is 4. The summed E-state index contributed by atoms with van der Waals surface area (Å²) in [6.45, 7) is 0.666. The van der Waals surface area contributed by atoms with Gasteiger partial charge in [-0.1, -0.05) is 12.1 Å². The first-order valence-corrected chi connectivity index (χ1v) is 5.55. The van der Waals surface area contributed by atoms with Gasteiger partial charge in [-0.15, -0.1) is 0 Å². The second-order valence-corrected chi connectivity index (χ2v) is 3.92. The Kier molecular flexibility index (Phi) is 2.53. The van der Waals surface area contributed by atoms with Crippen LogP contribution in [0, 0.1) is 0 Å². The number of hydrogen-bond donors (Lipinski definition) is 3. The molecule has 0 atom stereocenters. The monoisotopic (exact) mass is 240 g/mol. The van der Waals surface area contributed by atoms with E-state index in [1.54, 1.807) is 6.33 Å². The molecule has 0 saturated heterocycles. The second-order valence-electron chi connectivity index (χ2n) is 3.92. The van der Waals surface area contributed by atoms with Crippen molar-refractivity contribution in [2.75, 3.05) is 11.1 Å². The normalized spacial score (nSPS) is 10.7. The standard InChI is InChI=1S/C12H12N6/c13-9-3-1-8(2-4-9)5-14-11-10-12(16-6-15-10)18-7-17-11/h1-4,6-7H,5,13H2,(H2,14,15,16,17,18). The van der Waals surface area contributed by atoms with Crippen molar-refractivity contribution in [1.29, 1.82) is 0 Å². The quantitative estimate of drug-likeness (QED) is 0.604. The molecule has 0 aliphatic heterocycles. The smallest absolute Gasteiger partial charge is 0.162 e. The lowest BCUT2D eigenvalue weighted by molar-refractivity contribution is 1.10. The van der Waals surface area contributed by atoms with Crippen molar-refractivity contribution in [2.45, 2.75) is 6.54 Å². The largest absolute Gasteiger partial charge is 0.399 e. The maximum absolute atomic E-state index is 5.64. The van der Waals surface area contributed by atoms with Gasteiger partial charge in [0.05, 0.1) is 6.33 Å². The summed E-state index contributed by atoms with van der Waals surface area (Å²) >= 11 is 0. The van der Waals surface area contributed by atoms with Crippen LogP contribution < -0.4 is 11.1 Å². The van der Waals surface area contributed by atoms with Gasteiger partial charge in [0.25, 0.3) is 0 Å². The highest BCUT2D eigenvalue weighted by Gasteiger charge is 2.05. The highest BCUT2D eigenvalue weighted by atomic mass is 15.1. The van der Waals surface area contributed by atoms with Gasteiger partial charge in [-0.05, 0) is 17.7 Å². The van der Waals surface area contributed by atoms with E-state index in [1.165, 1.54) is 6.33 Å². The number of hydrogen-bond acceptors (Lipinski definition) is 5. The Morgan fingerprint density at radius 2 is 1.94 bits per heavy atom. The Bertz CT molecular complexity index is 658. The average molecular weight is 240 g/mol. The first-order chi connectivity index (χ1) is 8.83. The van der Waals surface area contributed by atoms with Gasteiger partial charge in [0.2, 0.25) is 0 Å². The van der Waals surface area contributed by atoms with Crippen molar-refractivity contribution in [3.63, 3.8) is 0 Å². The number of fused-ring (bicyclic) bond motifs is 1. The third-order valence-corrected chi connectivity index (χ3v) is 2.66. The predicted octanol–water partition coefficient (Wildman–Crippen LogP) is 1.55. The third kappa shape index (κ3) is 1.95. The van der Waals surface area contributed by atoms with E-state index in [1.807, 2.05) is 24.3 Å². The highest BCUT2D eigenvalue weighted by molar-refractivity contribution is 5.81. The number of aromatic amines is 1. The molecule has 2 heterocycles. The highest BCUT2D eigenvalue weighted by Crippen LogP contribution is 2.15. The molecule has 0 saturated carbocycles. The van der Waals surface area contributed by atoms with Gasteiger partial charge >= 0.3 is 0 Å².